The van der Waals surface area contributed by atoms with E-state index in [1.165, 1.54) is 13.8 Å². The van der Waals surface area contributed by atoms with E-state index in [9.17, 15) is 13.2 Å². The van der Waals surface area contributed by atoms with Crippen LogP contribution in [0.15, 0.2) is 18.2 Å². The maximum atomic E-state index is 12.1. The van der Waals surface area contributed by atoms with Gasteiger partial charge in [0.05, 0.1) is 13.2 Å². The summed E-state index contributed by atoms with van der Waals surface area (Å²) >= 11 is 0. The lowest BCUT2D eigenvalue weighted by molar-refractivity contribution is -0.132. The van der Waals surface area contributed by atoms with Gasteiger partial charge < -0.3 is 10.5 Å². The number of nitrogens with zero attached hydrogens (tertiary/aromatic N) is 1. The maximum absolute atomic E-state index is 12.1. The van der Waals surface area contributed by atoms with E-state index >= 15 is 0 Å². The van der Waals surface area contributed by atoms with Crippen molar-refractivity contribution >= 4 is 21.6 Å². The molecule has 2 rings (SSSR count). The molecule has 0 aromatic heterocycles. The second kappa shape index (κ2) is 4.66. The van der Waals surface area contributed by atoms with Gasteiger partial charge in [0.15, 0.2) is 4.75 Å². The van der Waals surface area contributed by atoms with E-state index in [0.717, 1.165) is 4.31 Å². The molecule has 1 aromatic carbocycles. The van der Waals surface area contributed by atoms with Crippen molar-refractivity contribution in [1.82, 2.24) is 4.31 Å². The minimum Gasteiger partial charge on any atom is -0.494 e. The summed E-state index contributed by atoms with van der Waals surface area (Å²) in [6.45, 7) is 5.04. The summed E-state index contributed by atoms with van der Waals surface area (Å²) < 4.78 is 29.1. The number of hydrogen-bond donors (Lipinski definition) is 1. The molecule has 1 aromatic rings. The van der Waals surface area contributed by atoms with Gasteiger partial charge in [0.25, 0.3) is 15.9 Å². The maximum Gasteiger partial charge on any atom is 0.259 e. The summed E-state index contributed by atoms with van der Waals surface area (Å²) in [5.41, 5.74) is 6.78. The average Bonchev–Trinajstić information content (AvgIpc) is 2.37. The fourth-order valence-corrected chi connectivity index (χ4v) is 3.59. The number of benzene rings is 1. The van der Waals surface area contributed by atoms with Crippen molar-refractivity contribution in [2.45, 2.75) is 32.1 Å². The highest BCUT2D eigenvalue weighted by Crippen LogP contribution is 2.37. The molecule has 1 amide bonds. The number of amides is 1. The Morgan fingerprint density at radius 2 is 2.00 bits per heavy atom. The van der Waals surface area contributed by atoms with Crippen molar-refractivity contribution in [2.75, 3.05) is 12.3 Å². The topological polar surface area (TPSA) is 89.7 Å². The van der Waals surface area contributed by atoms with Crippen LogP contribution in [-0.4, -0.2) is 30.0 Å². The molecule has 1 fully saturated rings. The molecule has 6 nitrogen and oxygen atoms in total. The molecule has 0 aliphatic carbocycles. The molecule has 7 heteroatoms. The standard InChI is InChI=1S/C13H18N2O4S/c1-4-19-11-6-5-10(14)7-9(11)8-15-12(16)13(2,3)20(15,17)18/h5-7H,4,8,14H2,1-3H3. The van der Waals surface area contributed by atoms with Crippen molar-refractivity contribution in [1.29, 1.82) is 0 Å². The Hall–Kier alpha value is -1.76. The summed E-state index contributed by atoms with van der Waals surface area (Å²) in [5.74, 6) is 0.122. The highest BCUT2D eigenvalue weighted by Gasteiger charge is 2.60. The summed E-state index contributed by atoms with van der Waals surface area (Å²) in [7, 11) is -3.61. The Bertz CT molecular complexity index is 652. The third-order valence-corrected chi connectivity index (χ3v) is 5.71. The van der Waals surface area contributed by atoms with Crippen LogP contribution in [0.2, 0.25) is 0 Å². The number of carbonyl (C=O) groups is 1. The fourth-order valence-electron chi connectivity index (χ4n) is 2.09. The van der Waals surface area contributed by atoms with E-state index in [0.29, 0.717) is 23.6 Å². The lowest BCUT2D eigenvalue weighted by Crippen LogP contribution is -2.66. The van der Waals surface area contributed by atoms with Gasteiger partial charge in [0.1, 0.15) is 5.75 Å². The second-order valence-corrected chi connectivity index (χ2v) is 7.54. The minimum absolute atomic E-state index is 0.0506. The van der Waals surface area contributed by atoms with Crippen LogP contribution in [0.4, 0.5) is 5.69 Å². The molecule has 0 spiro atoms. The Kier molecular flexibility index (Phi) is 3.41. The van der Waals surface area contributed by atoms with Gasteiger partial charge in [-0.05, 0) is 39.0 Å². The molecular formula is C13H18N2O4S. The summed E-state index contributed by atoms with van der Waals surface area (Å²) in [6.07, 6.45) is 0. The Labute approximate surface area is 118 Å². The van der Waals surface area contributed by atoms with Crippen LogP contribution >= 0.6 is 0 Å². The van der Waals surface area contributed by atoms with Gasteiger partial charge in [-0.3, -0.25) is 4.79 Å². The molecular weight excluding hydrogens is 280 g/mol. The quantitative estimate of drug-likeness (QED) is 0.841. The van der Waals surface area contributed by atoms with Gasteiger partial charge in [0.2, 0.25) is 0 Å². The predicted molar refractivity (Wildman–Crippen MR) is 75.6 cm³/mol. The number of sulfonamides is 1. The Morgan fingerprint density at radius 3 is 2.55 bits per heavy atom. The molecule has 0 bridgehead atoms. The molecule has 0 saturated carbocycles. The van der Waals surface area contributed by atoms with Crippen molar-refractivity contribution in [3.8, 4) is 5.75 Å². The van der Waals surface area contributed by atoms with Gasteiger partial charge in [-0.15, -0.1) is 0 Å². The number of rotatable bonds is 4. The molecule has 1 saturated heterocycles. The number of ether oxygens (including phenoxy) is 1. The van der Waals surface area contributed by atoms with E-state index in [1.807, 2.05) is 6.92 Å². The summed E-state index contributed by atoms with van der Waals surface area (Å²) in [5, 5.41) is 0. The van der Waals surface area contributed by atoms with Crippen LogP contribution in [-0.2, 0) is 21.4 Å². The molecule has 2 N–H and O–H groups in total. The van der Waals surface area contributed by atoms with Crippen LogP contribution in [0, 0.1) is 0 Å². The molecule has 1 aliphatic heterocycles. The summed E-state index contributed by atoms with van der Waals surface area (Å²) in [6, 6.07) is 4.97. The van der Waals surface area contributed by atoms with Crippen LogP contribution in [0.25, 0.3) is 0 Å². The lowest BCUT2D eigenvalue weighted by atomic mass is 10.1. The smallest absolute Gasteiger partial charge is 0.259 e. The first-order valence-electron chi connectivity index (χ1n) is 6.29. The SMILES string of the molecule is CCOc1ccc(N)cc1CN1C(=O)C(C)(C)S1(=O)=O. The fraction of sp³-hybridized carbons (Fsp3) is 0.462. The first-order chi connectivity index (χ1) is 9.21. The lowest BCUT2D eigenvalue weighted by Gasteiger charge is -2.43. The molecule has 0 atom stereocenters. The number of carbonyl (C=O) groups excluding carboxylic acids is 1. The zero-order valence-electron chi connectivity index (χ0n) is 11.7. The zero-order valence-corrected chi connectivity index (χ0v) is 12.5. The zero-order chi connectivity index (χ0) is 15.1. The van der Waals surface area contributed by atoms with E-state index in [2.05, 4.69) is 0 Å². The number of hydrogen-bond acceptors (Lipinski definition) is 5. The normalized spacial score (nSPS) is 19.6. The highest BCUT2D eigenvalue weighted by molar-refractivity contribution is 7.94. The van der Waals surface area contributed by atoms with Crippen molar-refractivity contribution in [3.05, 3.63) is 23.8 Å². The van der Waals surface area contributed by atoms with Crippen LogP contribution in [0.1, 0.15) is 26.3 Å². The van der Waals surface area contributed by atoms with E-state index in [1.54, 1.807) is 18.2 Å². The molecule has 1 heterocycles. The second-order valence-electron chi connectivity index (χ2n) is 5.13. The number of anilines is 1. The third kappa shape index (κ3) is 2.02. The van der Waals surface area contributed by atoms with Crippen molar-refractivity contribution in [3.63, 3.8) is 0 Å². The Morgan fingerprint density at radius 1 is 1.35 bits per heavy atom. The monoisotopic (exact) mass is 298 g/mol. The van der Waals surface area contributed by atoms with Gasteiger partial charge >= 0.3 is 0 Å². The highest BCUT2D eigenvalue weighted by atomic mass is 32.2. The predicted octanol–water partition coefficient (Wildman–Crippen LogP) is 1.12. The van der Waals surface area contributed by atoms with Crippen molar-refractivity contribution < 1.29 is 17.9 Å². The van der Waals surface area contributed by atoms with E-state index in [4.69, 9.17) is 10.5 Å². The van der Waals surface area contributed by atoms with Crippen LogP contribution in [0.3, 0.4) is 0 Å². The third-order valence-electron chi connectivity index (χ3n) is 3.37. The van der Waals surface area contributed by atoms with Crippen LogP contribution in [0.5, 0.6) is 5.75 Å². The van der Waals surface area contributed by atoms with Gasteiger partial charge in [-0.1, -0.05) is 0 Å². The summed E-state index contributed by atoms with van der Waals surface area (Å²) in [4.78, 5) is 11.9. The van der Waals surface area contributed by atoms with Gasteiger partial charge in [-0.25, -0.2) is 12.7 Å². The average molecular weight is 298 g/mol. The number of nitrogen functional groups attached to an aromatic ring is 1. The van der Waals surface area contributed by atoms with Gasteiger partial charge in [-0.2, -0.15) is 0 Å². The van der Waals surface area contributed by atoms with E-state index in [-0.39, 0.29) is 6.54 Å². The number of nitrogens with two attached hydrogens (primary N) is 1. The first-order valence-corrected chi connectivity index (χ1v) is 7.73. The molecule has 20 heavy (non-hydrogen) atoms. The van der Waals surface area contributed by atoms with Crippen molar-refractivity contribution in [2.24, 2.45) is 0 Å². The molecule has 0 unspecified atom stereocenters. The minimum atomic E-state index is -3.61. The molecule has 1 aliphatic rings. The largest absolute Gasteiger partial charge is 0.494 e. The van der Waals surface area contributed by atoms with Crippen LogP contribution < -0.4 is 10.5 Å². The molecule has 0 radical (unpaired) electrons. The first kappa shape index (κ1) is 14.6. The Balaban J connectivity index is 2.32. The van der Waals surface area contributed by atoms with Gasteiger partial charge in [0, 0.05) is 11.3 Å². The van der Waals surface area contributed by atoms with E-state index < -0.39 is 20.7 Å². The molecule has 110 valence electrons.